The first-order chi connectivity index (χ1) is 10.1. The molecule has 0 fully saturated rings. The predicted molar refractivity (Wildman–Crippen MR) is 76.1 cm³/mol. The monoisotopic (exact) mass is 304 g/mol. The van der Waals surface area contributed by atoms with Gasteiger partial charge in [-0.15, -0.1) is 4.09 Å². The maximum atomic E-state index is 12.3. The molecule has 0 amide bonds. The molecular formula is C14H12N2O4S. The zero-order chi connectivity index (χ0) is 14.9. The summed E-state index contributed by atoms with van der Waals surface area (Å²) in [6.45, 7) is 1.63. The van der Waals surface area contributed by atoms with Crippen molar-refractivity contribution in [3.63, 3.8) is 0 Å². The lowest BCUT2D eigenvalue weighted by Gasteiger charge is -2.07. The first-order valence-corrected chi connectivity index (χ1v) is 7.53. The fourth-order valence-electron chi connectivity index (χ4n) is 1.86. The number of furan rings is 1. The Morgan fingerprint density at radius 1 is 1.14 bits per heavy atom. The number of benzene rings is 1. The van der Waals surface area contributed by atoms with E-state index < -0.39 is 10.3 Å². The van der Waals surface area contributed by atoms with Gasteiger partial charge in [0.05, 0.1) is 12.0 Å². The second kappa shape index (κ2) is 5.10. The average Bonchev–Trinajstić information content (AvgIpc) is 3.08. The maximum Gasteiger partial charge on any atom is 0.429 e. The summed E-state index contributed by atoms with van der Waals surface area (Å²) in [4.78, 5) is 0. The summed E-state index contributed by atoms with van der Waals surface area (Å²) in [6, 6.07) is 13.3. The molecule has 0 aliphatic carbocycles. The van der Waals surface area contributed by atoms with Gasteiger partial charge in [-0.2, -0.15) is 13.5 Å². The third-order valence-corrected chi connectivity index (χ3v) is 3.97. The highest BCUT2D eigenvalue weighted by molar-refractivity contribution is 7.85. The molecule has 0 aliphatic rings. The zero-order valence-electron chi connectivity index (χ0n) is 11.1. The van der Waals surface area contributed by atoms with Gasteiger partial charge in [0.15, 0.2) is 5.76 Å². The molecule has 1 aromatic carbocycles. The Hall–Kier alpha value is -2.54. The van der Waals surface area contributed by atoms with Crippen LogP contribution in [0, 0.1) is 6.92 Å². The van der Waals surface area contributed by atoms with Crippen LogP contribution in [0.2, 0.25) is 0 Å². The molecule has 3 aromatic rings. The van der Waals surface area contributed by atoms with E-state index in [1.807, 2.05) is 0 Å². The lowest BCUT2D eigenvalue weighted by Crippen LogP contribution is -2.21. The van der Waals surface area contributed by atoms with Gasteiger partial charge >= 0.3 is 10.3 Å². The van der Waals surface area contributed by atoms with Gasteiger partial charge in [-0.3, -0.25) is 0 Å². The Kier molecular flexibility index (Phi) is 3.26. The number of hydrogen-bond acceptors (Lipinski definition) is 5. The highest BCUT2D eigenvalue weighted by Crippen LogP contribution is 2.21. The molecule has 2 heterocycles. The van der Waals surface area contributed by atoms with Crippen LogP contribution in [0.25, 0.3) is 11.5 Å². The van der Waals surface area contributed by atoms with E-state index in [4.69, 9.17) is 8.60 Å². The van der Waals surface area contributed by atoms with E-state index >= 15 is 0 Å². The molecule has 0 N–H and O–H groups in total. The Balaban J connectivity index is 1.96. The van der Waals surface area contributed by atoms with Crippen LogP contribution in [0.3, 0.4) is 0 Å². The van der Waals surface area contributed by atoms with Crippen LogP contribution in [0.1, 0.15) is 5.69 Å². The minimum atomic E-state index is -4.05. The summed E-state index contributed by atoms with van der Waals surface area (Å²) in [5.74, 6) is 0.721. The topological polar surface area (TPSA) is 74.3 Å². The van der Waals surface area contributed by atoms with E-state index in [1.54, 1.807) is 55.5 Å². The summed E-state index contributed by atoms with van der Waals surface area (Å²) < 4.78 is 35.6. The highest BCUT2D eigenvalue weighted by atomic mass is 32.2. The molecule has 0 unspecified atom stereocenters. The van der Waals surface area contributed by atoms with Crippen molar-refractivity contribution in [1.82, 2.24) is 9.19 Å². The van der Waals surface area contributed by atoms with Crippen LogP contribution in [-0.2, 0) is 10.3 Å². The summed E-state index contributed by atoms with van der Waals surface area (Å²) in [5.41, 5.74) is 0.857. The minimum absolute atomic E-state index is 0.229. The predicted octanol–water partition coefficient (Wildman–Crippen LogP) is 2.62. The smallest absolute Gasteiger partial charge is 0.429 e. The van der Waals surface area contributed by atoms with Gasteiger partial charge in [0.1, 0.15) is 11.4 Å². The zero-order valence-corrected chi connectivity index (χ0v) is 11.9. The van der Waals surface area contributed by atoms with Gasteiger partial charge < -0.3 is 8.60 Å². The third kappa shape index (κ3) is 2.68. The van der Waals surface area contributed by atoms with Crippen LogP contribution in [0.4, 0.5) is 0 Å². The van der Waals surface area contributed by atoms with Crippen molar-refractivity contribution in [2.45, 2.75) is 6.92 Å². The second-order valence-electron chi connectivity index (χ2n) is 4.35. The van der Waals surface area contributed by atoms with Gasteiger partial charge in [-0.1, -0.05) is 18.2 Å². The normalized spacial score (nSPS) is 11.5. The van der Waals surface area contributed by atoms with Crippen LogP contribution < -0.4 is 4.18 Å². The largest absolute Gasteiger partial charge is 0.463 e. The quantitative estimate of drug-likeness (QED) is 0.740. The average molecular weight is 304 g/mol. The molecule has 6 nitrogen and oxygen atoms in total. The number of rotatable bonds is 4. The van der Waals surface area contributed by atoms with Gasteiger partial charge in [0, 0.05) is 0 Å². The number of hydrogen-bond donors (Lipinski definition) is 0. The third-order valence-electron chi connectivity index (χ3n) is 2.78. The number of aryl methyl sites for hydroxylation is 1. The molecule has 0 spiro atoms. The molecule has 3 rings (SSSR count). The summed E-state index contributed by atoms with van der Waals surface area (Å²) in [7, 11) is -4.05. The molecule has 2 aromatic heterocycles. The summed E-state index contributed by atoms with van der Waals surface area (Å²) in [5, 5.41) is 4.03. The Morgan fingerprint density at radius 3 is 2.57 bits per heavy atom. The Labute approximate surface area is 121 Å². The van der Waals surface area contributed by atoms with E-state index in [0.717, 1.165) is 4.09 Å². The van der Waals surface area contributed by atoms with Crippen molar-refractivity contribution in [2.75, 3.05) is 0 Å². The van der Waals surface area contributed by atoms with E-state index in [0.29, 0.717) is 17.1 Å². The first kappa shape index (κ1) is 13.4. The van der Waals surface area contributed by atoms with E-state index in [1.165, 1.54) is 6.26 Å². The molecule has 0 aliphatic heterocycles. The fraction of sp³-hybridized carbons (Fsp3) is 0.0714. The second-order valence-corrected chi connectivity index (χ2v) is 5.71. The minimum Gasteiger partial charge on any atom is -0.463 e. The molecule has 0 radical (unpaired) electrons. The van der Waals surface area contributed by atoms with Crippen molar-refractivity contribution in [3.8, 4) is 17.2 Å². The van der Waals surface area contributed by atoms with Crippen LogP contribution in [0.5, 0.6) is 5.75 Å². The standard InChI is InChI=1S/C14H12N2O4S/c1-11-10-13(14-8-5-9-19-14)15-16(11)21(17,18)20-12-6-3-2-4-7-12/h2-10H,1H3. The highest BCUT2D eigenvalue weighted by Gasteiger charge is 2.21. The van der Waals surface area contributed by atoms with Crippen LogP contribution in [0.15, 0.2) is 59.2 Å². The first-order valence-electron chi connectivity index (χ1n) is 6.17. The van der Waals surface area contributed by atoms with Crippen molar-refractivity contribution in [3.05, 3.63) is 60.5 Å². The van der Waals surface area contributed by atoms with Gasteiger partial charge in [0.25, 0.3) is 0 Å². The molecular weight excluding hydrogens is 292 g/mol. The Bertz CT molecular complexity index is 836. The van der Waals surface area contributed by atoms with Crippen LogP contribution >= 0.6 is 0 Å². The fourth-order valence-corrected chi connectivity index (χ4v) is 2.88. The molecule has 0 saturated heterocycles. The molecule has 0 saturated carbocycles. The SMILES string of the molecule is Cc1cc(-c2ccco2)nn1S(=O)(=O)Oc1ccccc1. The Morgan fingerprint density at radius 2 is 1.90 bits per heavy atom. The van der Waals surface area contributed by atoms with Crippen molar-refractivity contribution in [2.24, 2.45) is 0 Å². The summed E-state index contributed by atoms with van der Waals surface area (Å²) >= 11 is 0. The number of aromatic nitrogens is 2. The summed E-state index contributed by atoms with van der Waals surface area (Å²) in [6.07, 6.45) is 1.50. The van der Waals surface area contributed by atoms with Gasteiger partial charge in [-0.25, -0.2) is 0 Å². The molecule has 0 bridgehead atoms. The molecule has 0 atom stereocenters. The van der Waals surface area contributed by atoms with Gasteiger partial charge in [-0.05, 0) is 37.3 Å². The van der Waals surface area contributed by atoms with Crippen molar-refractivity contribution < 1.29 is 17.0 Å². The van der Waals surface area contributed by atoms with E-state index in [2.05, 4.69) is 5.10 Å². The maximum absolute atomic E-state index is 12.3. The molecule has 108 valence electrons. The van der Waals surface area contributed by atoms with Gasteiger partial charge in [0.2, 0.25) is 0 Å². The molecule has 7 heteroatoms. The number of nitrogens with zero attached hydrogens (tertiary/aromatic N) is 2. The van der Waals surface area contributed by atoms with Crippen molar-refractivity contribution in [1.29, 1.82) is 0 Å². The lowest BCUT2D eigenvalue weighted by molar-refractivity contribution is 0.468. The van der Waals surface area contributed by atoms with Crippen molar-refractivity contribution >= 4 is 10.3 Å². The lowest BCUT2D eigenvalue weighted by atomic mass is 10.3. The van der Waals surface area contributed by atoms with Crippen LogP contribution in [-0.4, -0.2) is 17.6 Å². The van der Waals surface area contributed by atoms with E-state index in [9.17, 15) is 8.42 Å². The number of para-hydroxylation sites is 1. The molecule has 21 heavy (non-hydrogen) atoms. The van der Waals surface area contributed by atoms with E-state index in [-0.39, 0.29) is 5.75 Å².